The van der Waals surface area contributed by atoms with Gasteiger partial charge in [-0.05, 0) is 47.1 Å². The first-order valence-electron chi connectivity index (χ1n) is 7.27. The van der Waals surface area contributed by atoms with Gasteiger partial charge in [-0.1, -0.05) is 63.3 Å². The monoisotopic (exact) mass is 270 g/mol. The van der Waals surface area contributed by atoms with Gasteiger partial charge in [-0.15, -0.1) is 0 Å². The Bertz CT molecular complexity index is 573. The second kappa shape index (κ2) is 4.79. The maximum Gasteiger partial charge on any atom is 0.0655 e. The van der Waals surface area contributed by atoms with Crippen molar-refractivity contribution in [2.24, 2.45) is 0 Å². The highest BCUT2D eigenvalue weighted by molar-refractivity contribution is 6.72. The van der Waals surface area contributed by atoms with E-state index in [2.05, 4.69) is 72.0 Å². The zero-order valence-corrected chi connectivity index (χ0v) is 14.5. The topological polar surface area (TPSA) is 0 Å². The summed E-state index contributed by atoms with van der Waals surface area (Å²) in [6.45, 7) is 16.4. The molecule has 0 saturated heterocycles. The highest BCUT2D eigenvalue weighted by Gasteiger charge is 2.27. The Morgan fingerprint density at radius 1 is 0.895 bits per heavy atom. The van der Waals surface area contributed by atoms with Gasteiger partial charge in [0, 0.05) is 0 Å². The van der Waals surface area contributed by atoms with Crippen LogP contribution in [0.25, 0.3) is 11.1 Å². The van der Waals surface area contributed by atoms with Crippen LogP contribution >= 0.6 is 0 Å². The van der Waals surface area contributed by atoms with Crippen molar-refractivity contribution in [3.8, 4) is 11.1 Å². The van der Waals surface area contributed by atoms with E-state index in [0.717, 1.165) is 0 Å². The van der Waals surface area contributed by atoms with Crippen LogP contribution in [0, 0.1) is 13.8 Å². The molecular formula is C18H26Si. The molecule has 2 aliphatic carbocycles. The average molecular weight is 270 g/mol. The minimum absolute atomic E-state index is 0.224. The van der Waals surface area contributed by atoms with E-state index in [-0.39, 0.29) is 5.41 Å². The summed E-state index contributed by atoms with van der Waals surface area (Å²) < 4.78 is 0. The van der Waals surface area contributed by atoms with Gasteiger partial charge in [0.15, 0.2) is 0 Å². The second-order valence-corrected chi connectivity index (χ2v) is 9.92. The molecule has 0 amide bonds. The Morgan fingerprint density at radius 2 is 1.47 bits per heavy atom. The molecule has 0 aromatic rings. The fourth-order valence-electron chi connectivity index (χ4n) is 3.51. The molecule has 0 bridgehead atoms. The van der Waals surface area contributed by atoms with Crippen LogP contribution < -0.4 is 5.19 Å². The molecule has 0 aromatic carbocycles. The lowest BCUT2D eigenvalue weighted by Gasteiger charge is -2.21. The van der Waals surface area contributed by atoms with Gasteiger partial charge in [0.05, 0.1) is 8.80 Å². The summed E-state index contributed by atoms with van der Waals surface area (Å²) in [4.78, 5) is 0. The van der Waals surface area contributed by atoms with Crippen molar-refractivity contribution < 1.29 is 0 Å². The number of hydrogen-bond donors (Lipinski definition) is 0. The van der Waals surface area contributed by atoms with Crippen LogP contribution in [-0.2, 0) is 5.41 Å². The van der Waals surface area contributed by atoms with Gasteiger partial charge in [-0.2, -0.15) is 0 Å². The van der Waals surface area contributed by atoms with E-state index >= 15 is 0 Å². The van der Waals surface area contributed by atoms with Crippen LogP contribution in [0.2, 0.25) is 13.1 Å². The summed E-state index contributed by atoms with van der Waals surface area (Å²) in [6.07, 6.45) is 0. The fraction of sp³-hybridized carbons (Fsp3) is 0.444. The smallest absolute Gasteiger partial charge is 0.0655 e. The SMILES string of the molecule is Cc1c2ccccc([SiH](C)C)c-2c(C)c1C(C)(C)C. The zero-order chi connectivity index (χ0) is 14.4. The van der Waals surface area contributed by atoms with E-state index < -0.39 is 8.80 Å². The molecule has 0 saturated carbocycles. The first kappa shape index (κ1) is 14.3. The van der Waals surface area contributed by atoms with Crippen LogP contribution in [-0.4, -0.2) is 8.80 Å². The van der Waals surface area contributed by atoms with E-state index in [1.165, 1.54) is 22.3 Å². The molecular weight excluding hydrogens is 244 g/mol. The Morgan fingerprint density at radius 3 is 2.00 bits per heavy atom. The molecule has 0 aliphatic heterocycles. The molecule has 0 atom stereocenters. The van der Waals surface area contributed by atoms with Crippen molar-refractivity contribution in [1.29, 1.82) is 0 Å². The van der Waals surface area contributed by atoms with Crippen LogP contribution in [0.15, 0.2) is 24.3 Å². The average Bonchev–Trinajstić information content (AvgIpc) is 2.47. The van der Waals surface area contributed by atoms with Gasteiger partial charge < -0.3 is 0 Å². The van der Waals surface area contributed by atoms with Crippen LogP contribution in [0.1, 0.15) is 37.5 Å². The highest BCUT2D eigenvalue weighted by atomic mass is 28.3. The molecule has 0 nitrogen and oxygen atoms in total. The molecule has 1 heteroatoms. The summed E-state index contributed by atoms with van der Waals surface area (Å²) in [7, 11) is -0.817. The van der Waals surface area contributed by atoms with Crippen LogP contribution in [0.5, 0.6) is 0 Å². The molecule has 0 fully saturated rings. The van der Waals surface area contributed by atoms with Gasteiger partial charge in [-0.25, -0.2) is 0 Å². The molecule has 2 aliphatic rings. The predicted molar refractivity (Wildman–Crippen MR) is 89.7 cm³/mol. The van der Waals surface area contributed by atoms with Crippen molar-refractivity contribution >= 4 is 14.0 Å². The normalized spacial score (nSPS) is 12.4. The third kappa shape index (κ3) is 2.36. The van der Waals surface area contributed by atoms with Gasteiger partial charge in [-0.3, -0.25) is 0 Å². The van der Waals surface area contributed by atoms with Crippen molar-refractivity contribution in [1.82, 2.24) is 0 Å². The standard InChI is InChI=1S/C18H26Si/c1-12-14-10-8-9-11-15(19(6)7)16(14)13(2)17(12)18(3,4)5/h8-11,19H,1-7H3. The molecule has 102 valence electrons. The van der Waals surface area contributed by atoms with E-state index in [1.807, 2.05) is 0 Å². The first-order chi connectivity index (χ1) is 8.75. The molecule has 0 unspecified atom stereocenters. The predicted octanol–water partition coefficient (Wildman–Crippen LogP) is 4.40. The van der Waals surface area contributed by atoms with Gasteiger partial charge in [0.1, 0.15) is 0 Å². The molecule has 0 heterocycles. The highest BCUT2D eigenvalue weighted by Crippen LogP contribution is 2.40. The van der Waals surface area contributed by atoms with Crippen molar-refractivity contribution in [3.05, 3.63) is 41.0 Å². The quantitative estimate of drug-likeness (QED) is 0.674. The van der Waals surface area contributed by atoms with Crippen molar-refractivity contribution in [2.45, 2.75) is 53.1 Å². The lowest BCUT2D eigenvalue weighted by Crippen LogP contribution is -2.24. The van der Waals surface area contributed by atoms with Crippen LogP contribution in [0.3, 0.4) is 0 Å². The van der Waals surface area contributed by atoms with Gasteiger partial charge in [0.25, 0.3) is 0 Å². The van der Waals surface area contributed by atoms with E-state index in [0.29, 0.717) is 0 Å². The molecule has 0 aromatic heterocycles. The third-order valence-electron chi connectivity index (χ3n) is 4.11. The Kier molecular flexibility index (Phi) is 3.61. The largest absolute Gasteiger partial charge is 0.0682 e. The molecule has 0 radical (unpaired) electrons. The second-order valence-electron chi connectivity index (χ2n) is 6.99. The van der Waals surface area contributed by atoms with E-state index in [9.17, 15) is 0 Å². The summed E-state index contributed by atoms with van der Waals surface area (Å²) >= 11 is 0. The summed E-state index contributed by atoms with van der Waals surface area (Å²) in [5.41, 5.74) is 7.75. The third-order valence-corrected chi connectivity index (χ3v) is 5.83. The maximum absolute atomic E-state index is 2.42. The number of rotatable bonds is 1. The minimum Gasteiger partial charge on any atom is -0.0682 e. The summed E-state index contributed by atoms with van der Waals surface area (Å²) in [5, 5.41) is 1.61. The van der Waals surface area contributed by atoms with Gasteiger partial charge in [0.2, 0.25) is 0 Å². The van der Waals surface area contributed by atoms with Crippen LogP contribution in [0.4, 0.5) is 0 Å². The first-order valence-corrected chi connectivity index (χ1v) is 10.2. The van der Waals surface area contributed by atoms with Crippen molar-refractivity contribution in [2.75, 3.05) is 0 Å². The fourth-order valence-corrected chi connectivity index (χ4v) is 4.96. The molecule has 0 N–H and O–H groups in total. The Labute approximate surface area is 119 Å². The summed E-state index contributed by atoms with van der Waals surface area (Å²) in [6, 6.07) is 9.05. The Balaban J connectivity index is 2.90. The minimum atomic E-state index is -0.817. The zero-order valence-electron chi connectivity index (χ0n) is 13.4. The summed E-state index contributed by atoms with van der Waals surface area (Å²) in [5.74, 6) is 0. The lowest BCUT2D eigenvalue weighted by molar-refractivity contribution is 0.585. The molecule has 19 heavy (non-hydrogen) atoms. The molecule has 0 spiro atoms. The van der Waals surface area contributed by atoms with E-state index in [1.54, 1.807) is 10.8 Å². The Hall–Kier alpha value is -1.08. The van der Waals surface area contributed by atoms with Gasteiger partial charge >= 0.3 is 0 Å². The van der Waals surface area contributed by atoms with E-state index in [4.69, 9.17) is 0 Å². The van der Waals surface area contributed by atoms with Crippen molar-refractivity contribution in [3.63, 3.8) is 0 Å². The maximum atomic E-state index is 2.42. The lowest BCUT2D eigenvalue weighted by atomic mass is 9.84. The number of hydrogen-bond acceptors (Lipinski definition) is 0. The molecule has 2 rings (SSSR count). The number of fused-ring (bicyclic) bond motifs is 1.